The molecule has 0 atom stereocenters. The summed E-state index contributed by atoms with van der Waals surface area (Å²) in [5.74, 6) is 0.585. The van der Waals surface area contributed by atoms with Crippen molar-refractivity contribution in [2.45, 2.75) is 6.92 Å². The van der Waals surface area contributed by atoms with Gasteiger partial charge in [0.15, 0.2) is 0 Å². The second-order valence-corrected chi connectivity index (χ2v) is 3.84. The van der Waals surface area contributed by atoms with Gasteiger partial charge in [-0.15, -0.1) is 0 Å². The van der Waals surface area contributed by atoms with Gasteiger partial charge in [0.2, 0.25) is 5.71 Å². The molecule has 0 aliphatic heterocycles. The van der Waals surface area contributed by atoms with Crippen molar-refractivity contribution in [3.63, 3.8) is 0 Å². The van der Waals surface area contributed by atoms with E-state index in [-0.39, 0.29) is 5.56 Å². The molecule has 0 aliphatic carbocycles. The number of aromatic nitrogens is 2. The summed E-state index contributed by atoms with van der Waals surface area (Å²) >= 11 is 0. The fraction of sp³-hybridized carbons (Fsp3) is 0.0769. The van der Waals surface area contributed by atoms with Gasteiger partial charge in [-0.1, -0.05) is 30.3 Å². The molecule has 3 rings (SSSR count). The Bertz CT molecular complexity index is 726. The van der Waals surface area contributed by atoms with Crippen molar-refractivity contribution in [2.75, 3.05) is 0 Å². The van der Waals surface area contributed by atoms with Gasteiger partial charge in [0.05, 0.1) is 5.69 Å². The summed E-state index contributed by atoms with van der Waals surface area (Å²) < 4.78 is 6.72. The smallest absolute Gasteiger partial charge is 0.277 e. The number of nitrogens with zero attached hydrogens (tertiary/aromatic N) is 2. The minimum Gasteiger partial charge on any atom is -0.443 e. The van der Waals surface area contributed by atoms with Gasteiger partial charge in [-0.05, 0) is 6.92 Å². The first kappa shape index (κ1) is 9.84. The Hall–Kier alpha value is -2.36. The minimum atomic E-state index is -0.175. The summed E-state index contributed by atoms with van der Waals surface area (Å²) in [6.07, 6.45) is 0. The molecule has 2 aromatic heterocycles. The Labute approximate surface area is 97.1 Å². The Morgan fingerprint density at radius 3 is 2.71 bits per heavy atom. The third-order valence-electron chi connectivity index (χ3n) is 2.55. The van der Waals surface area contributed by atoms with Crippen LogP contribution in [0, 0.1) is 6.92 Å². The van der Waals surface area contributed by atoms with Gasteiger partial charge >= 0.3 is 0 Å². The SMILES string of the molecule is Cc1cc(=O)n2nc(-c3ccccc3)cc2o1. The zero-order valence-corrected chi connectivity index (χ0v) is 9.25. The van der Waals surface area contributed by atoms with Crippen LogP contribution in [0.3, 0.4) is 0 Å². The van der Waals surface area contributed by atoms with Gasteiger partial charge in [0.1, 0.15) is 5.76 Å². The van der Waals surface area contributed by atoms with Crippen molar-refractivity contribution >= 4 is 5.71 Å². The average Bonchev–Trinajstić information content (AvgIpc) is 2.74. The van der Waals surface area contributed by atoms with Gasteiger partial charge in [0, 0.05) is 17.7 Å². The van der Waals surface area contributed by atoms with E-state index in [9.17, 15) is 4.79 Å². The molecular formula is C13H10N2O2. The predicted octanol–water partition coefficient (Wildman–Crippen LogP) is 2.26. The van der Waals surface area contributed by atoms with E-state index in [1.807, 2.05) is 30.3 Å². The van der Waals surface area contributed by atoms with Crippen LogP contribution in [-0.4, -0.2) is 9.61 Å². The number of hydrogen-bond donors (Lipinski definition) is 0. The van der Waals surface area contributed by atoms with Crippen molar-refractivity contribution in [3.8, 4) is 11.3 Å². The number of rotatable bonds is 1. The maximum atomic E-state index is 11.7. The second-order valence-electron chi connectivity index (χ2n) is 3.84. The van der Waals surface area contributed by atoms with Crippen molar-refractivity contribution in [1.82, 2.24) is 9.61 Å². The van der Waals surface area contributed by atoms with Gasteiger partial charge in [-0.25, -0.2) is 0 Å². The molecule has 0 N–H and O–H groups in total. The molecule has 0 amide bonds. The normalized spacial score (nSPS) is 10.9. The third kappa shape index (κ3) is 1.63. The first-order chi connectivity index (χ1) is 8.24. The summed E-state index contributed by atoms with van der Waals surface area (Å²) in [4.78, 5) is 11.7. The van der Waals surface area contributed by atoms with Gasteiger partial charge < -0.3 is 4.42 Å². The van der Waals surface area contributed by atoms with E-state index in [1.54, 1.807) is 13.0 Å². The number of aryl methyl sites for hydroxylation is 1. The van der Waals surface area contributed by atoms with Gasteiger partial charge in [0.25, 0.3) is 5.56 Å². The van der Waals surface area contributed by atoms with Crippen LogP contribution in [0.15, 0.2) is 51.7 Å². The molecule has 0 saturated heterocycles. The van der Waals surface area contributed by atoms with E-state index in [0.29, 0.717) is 11.5 Å². The van der Waals surface area contributed by atoms with Crippen LogP contribution in [0.25, 0.3) is 17.0 Å². The predicted molar refractivity (Wildman–Crippen MR) is 63.9 cm³/mol. The molecule has 0 saturated carbocycles. The van der Waals surface area contributed by atoms with Crippen LogP contribution in [-0.2, 0) is 0 Å². The monoisotopic (exact) mass is 226 g/mol. The molecule has 0 spiro atoms. The van der Waals surface area contributed by atoms with Crippen molar-refractivity contribution in [1.29, 1.82) is 0 Å². The molecule has 0 bridgehead atoms. The maximum Gasteiger partial charge on any atom is 0.277 e. The molecule has 4 nitrogen and oxygen atoms in total. The first-order valence-corrected chi connectivity index (χ1v) is 5.30. The summed E-state index contributed by atoms with van der Waals surface area (Å²) in [5, 5.41) is 4.23. The largest absolute Gasteiger partial charge is 0.443 e. The topological polar surface area (TPSA) is 47.5 Å². The Kier molecular flexibility index (Phi) is 2.08. The van der Waals surface area contributed by atoms with Gasteiger partial charge in [-0.3, -0.25) is 4.79 Å². The van der Waals surface area contributed by atoms with Crippen molar-refractivity contribution < 1.29 is 4.42 Å². The lowest BCUT2D eigenvalue weighted by Crippen LogP contribution is -2.12. The molecular weight excluding hydrogens is 216 g/mol. The lowest BCUT2D eigenvalue weighted by atomic mass is 10.2. The first-order valence-electron chi connectivity index (χ1n) is 5.30. The molecule has 0 unspecified atom stereocenters. The Balaban J connectivity index is 2.28. The molecule has 4 heteroatoms. The molecule has 17 heavy (non-hydrogen) atoms. The molecule has 0 aliphatic rings. The zero-order valence-electron chi connectivity index (χ0n) is 9.25. The van der Waals surface area contributed by atoms with Crippen LogP contribution >= 0.6 is 0 Å². The molecule has 0 fully saturated rings. The van der Waals surface area contributed by atoms with Crippen LogP contribution in [0.1, 0.15) is 5.76 Å². The number of hydrogen-bond acceptors (Lipinski definition) is 3. The fourth-order valence-electron chi connectivity index (χ4n) is 1.77. The lowest BCUT2D eigenvalue weighted by molar-refractivity contribution is 0.530. The lowest BCUT2D eigenvalue weighted by Gasteiger charge is -1.92. The highest BCUT2D eigenvalue weighted by atomic mass is 16.3. The molecule has 1 aromatic carbocycles. The second kappa shape index (κ2) is 3.59. The highest BCUT2D eigenvalue weighted by Gasteiger charge is 2.08. The van der Waals surface area contributed by atoms with Crippen LogP contribution in [0.5, 0.6) is 0 Å². The summed E-state index contributed by atoms with van der Waals surface area (Å²) in [7, 11) is 0. The van der Waals surface area contributed by atoms with E-state index in [4.69, 9.17) is 4.42 Å². The fourth-order valence-corrected chi connectivity index (χ4v) is 1.77. The standard InChI is InChI=1S/C13H10N2O2/c1-9-7-12(16)15-13(17-9)8-11(14-15)10-5-3-2-4-6-10/h2-8H,1H3. The average molecular weight is 226 g/mol. The highest BCUT2D eigenvalue weighted by molar-refractivity contribution is 5.62. The summed E-state index contributed by atoms with van der Waals surface area (Å²) in [6.45, 7) is 1.75. The van der Waals surface area contributed by atoms with Crippen LogP contribution < -0.4 is 5.56 Å². The molecule has 0 radical (unpaired) electrons. The highest BCUT2D eigenvalue weighted by Crippen LogP contribution is 2.18. The summed E-state index contributed by atoms with van der Waals surface area (Å²) in [5.41, 5.74) is 1.99. The third-order valence-corrected chi connectivity index (χ3v) is 2.55. The molecule has 2 heterocycles. The molecule has 84 valence electrons. The van der Waals surface area contributed by atoms with Crippen molar-refractivity contribution in [3.05, 3.63) is 58.6 Å². The Morgan fingerprint density at radius 1 is 1.18 bits per heavy atom. The Morgan fingerprint density at radius 2 is 1.94 bits per heavy atom. The zero-order chi connectivity index (χ0) is 11.8. The van der Waals surface area contributed by atoms with E-state index < -0.39 is 0 Å². The quantitative estimate of drug-likeness (QED) is 0.639. The minimum absolute atomic E-state index is 0.175. The summed E-state index contributed by atoms with van der Waals surface area (Å²) in [6, 6.07) is 12.9. The number of benzene rings is 1. The van der Waals surface area contributed by atoms with E-state index in [2.05, 4.69) is 5.10 Å². The maximum absolute atomic E-state index is 11.7. The van der Waals surface area contributed by atoms with E-state index in [0.717, 1.165) is 11.3 Å². The van der Waals surface area contributed by atoms with Crippen LogP contribution in [0.2, 0.25) is 0 Å². The van der Waals surface area contributed by atoms with E-state index >= 15 is 0 Å². The van der Waals surface area contributed by atoms with Crippen LogP contribution in [0.4, 0.5) is 0 Å². The number of fused-ring (bicyclic) bond motifs is 1. The molecule has 3 aromatic rings. The van der Waals surface area contributed by atoms with E-state index in [1.165, 1.54) is 10.6 Å². The van der Waals surface area contributed by atoms with Crippen molar-refractivity contribution in [2.24, 2.45) is 0 Å². The van der Waals surface area contributed by atoms with Gasteiger partial charge in [-0.2, -0.15) is 9.61 Å².